The molecular formula is C12H14F2. The lowest BCUT2D eigenvalue weighted by molar-refractivity contribution is 0.0173. The molecule has 1 aromatic rings. The van der Waals surface area contributed by atoms with Crippen molar-refractivity contribution < 1.29 is 8.78 Å². The summed E-state index contributed by atoms with van der Waals surface area (Å²) in [5.41, 5.74) is 2.53. The number of aryl methyl sites for hydroxylation is 2. The minimum Gasteiger partial charge on any atom is -0.202 e. The van der Waals surface area contributed by atoms with Gasteiger partial charge in [-0.25, -0.2) is 8.78 Å². The van der Waals surface area contributed by atoms with Crippen molar-refractivity contribution in [1.29, 1.82) is 0 Å². The van der Waals surface area contributed by atoms with Crippen molar-refractivity contribution in [3.8, 4) is 0 Å². The molecule has 0 heterocycles. The Bertz CT molecular complexity index is 337. The van der Waals surface area contributed by atoms with Crippen molar-refractivity contribution in [2.24, 2.45) is 0 Å². The third kappa shape index (κ3) is 1.79. The average Bonchev–Trinajstić information content (AvgIpc) is 2.16. The van der Waals surface area contributed by atoms with E-state index in [1.54, 1.807) is 12.1 Å². The van der Waals surface area contributed by atoms with E-state index in [9.17, 15) is 8.78 Å². The zero-order valence-electron chi connectivity index (χ0n) is 8.32. The highest BCUT2D eigenvalue weighted by molar-refractivity contribution is 5.35. The van der Waals surface area contributed by atoms with Gasteiger partial charge in [-0.3, -0.25) is 0 Å². The van der Waals surface area contributed by atoms with E-state index < -0.39 is 5.92 Å². The number of rotatable bonds is 1. The molecule has 1 aliphatic rings. The van der Waals surface area contributed by atoms with Crippen LogP contribution in [0.2, 0.25) is 0 Å². The molecule has 0 radical (unpaired) electrons. The van der Waals surface area contributed by atoms with E-state index in [-0.39, 0.29) is 5.56 Å². The van der Waals surface area contributed by atoms with Crippen molar-refractivity contribution in [3.05, 3.63) is 34.9 Å². The molecule has 0 N–H and O–H groups in total. The Morgan fingerprint density at radius 2 is 1.71 bits per heavy atom. The molecule has 0 atom stereocenters. The van der Waals surface area contributed by atoms with Crippen molar-refractivity contribution in [2.75, 3.05) is 0 Å². The van der Waals surface area contributed by atoms with Crippen LogP contribution in [0, 0.1) is 0 Å². The highest BCUT2D eigenvalue weighted by atomic mass is 19.3. The molecule has 2 heteroatoms. The zero-order valence-corrected chi connectivity index (χ0v) is 8.32. The summed E-state index contributed by atoms with van der Waals surface area (Å²) in [7, 11) is 0. The second kappa shape index (κ2) is 3.34. The van der Waals surface area contributed by atoms with Crippen LogP contribution in [0.1, 0.15) is 36.5 Å². The highest BCUT2D eigenvalue weighted by Gasteiger charge is 2.25. The summed E-state index contributed by atoms with van der Waals surface area (Å²) in [6.45, 7) is 0.956. The molecule has 76 valence electrons. The summed E-state index contributed by atoms with van der Waals surface area (Å²) < 4.78 is 26.0. The minimum atomic E-state index is -2.70. The van der Waals surface area contributed by atoms with E-state index in [2.05, 4.69) is 0 Å². The maximum absolute atomic E-state index is 13.0. The van der Waals surface area contributed by atoms with Gasteiger partial charge in [0.15, 0.2) is 0 Å². The molecule has 0 bridgehead atoms. The predicted octanol–water partition coefficient (Wildman–Crippen LogP) is 3.68. The van der Waals surface area contributed by atoms with Gasteiger partial charge in [0.2, 0.25) is 0 Å². The summed E-state index contributed by atoms with van der Waals surface area (Å²) in [5.74, 6) is -2.70. The van der Waals surface area contributed by atoms with Gasteiger partial charge in [-0.1, -0.05) is 12.1 Å². The monoisotopic (exact) mass is 196 g/mol. The van der Waals surface area contributed by atoms with E-state index in [1.807, 2.05) is 6.07 Å². The van der Waals surface area contributed by atoms with Gasteiger partial charge in [0.1, 0.15) is 0 Å². The van der Waals surface area contributed by atoms with Crippen LogP contribution < -0.4 is 0 Å². The van der Waals surface area contributed by atoms with Crippen molar-refractivity contribution in [1.82, 2.24) is 0 Å². The molecule has 14 heavy (non-hydrogen) atoms. The number of alkyl halides is 2. The Balaban J connectivity index is 2.39. The number of fused-ring (bicyclic) bond motifs is 1. The molecule has 0 unspecified atom stereocenters. The fourth-order valence-corrected chi connectivity index (χ4v) is 2.01. The molecule has 0 saturated carbocycles. The third-order valence-corrected chi connectivity index (χ3v) is 2.86. The molecule has 0 amide bonds. The van der Waals surface area contributed by atoms with E-state index in [0.717, 1.165) is 31.7 Å². The van der Waals surface area contributed by atoms with Gasteiger partial charge in [0.25, 0.3) is 5.92 Å². The molecule has 0 aromatic heterocycles. The predicted molar refractivity (Wildman–Crippen MR) is 52.7 cm³/mol. The van der Waals surface area contributed by atoms with Crippen LogP contribution in [0.25, 0.3) is 0 Å². The van der Waals surface area contributed by atoms with E-state index in [0.29, 0.717) is 0 Å². The van der Waals surface area contributed by atoms with Gasteiger partial charge < -0.3 is 0 Å². The first-order valence-corrected chi connectivity index (χ1v) is 5.07. The quantitative estimate of drug-likeness (QED) is 0.642. The minimum absolute atomic E-state index is 0.151. The topological polar surface area (TPSA) is 0 Å². The lowest BCUT2D eigenvalue weighted by atomic mass is 9.89. The second-order valence-electron chi connectivity index (χ2n) is 4.08. The molecular weight excluding hydrogens is 182 g/mol. The number of halogens is 2. The van der Waals surface area contributed by atoms with Crippen LogP contribution in [-0.2, 0) is 18.8 Å². The third-order valence-electron chi connectivity index (χ3n) is 2.86. The average molecular weight is 196 g/mol. The Kier molecular flexibility index (Phi) is 2.30. The maximum Gasteiger partial charge on any atom is 0.270 e. The van der Waals surface area contributed by atoms with Crippen molar-refractivity contribution in [3.63, 3.8) is 0 Å². The first-order chi connectivity index (χ1) is 6.57. The summed E-state index contributed by atoms with van der Waals surface area (Å²) >= 11 is 0. The molecule has 0 fully saturated rings. The SMILES string of the molecule is CC(F)(F)c1ccc2c(c1)CCCC2. The van der Waals surface area contributed by atoms with Crippen LogP contribution in [0.4, 0.5) is 8.78 Å². The smallest absolute Gasteiger partial charge is 0.202 e. The van der Waals surface area contributed by atoms with Crippen LogP contribution in [0.3, 0.4) is 0 Å². The number of benzene rings is 1. The summed E-state index contributed by atoms with van der Waals surface area (Å²) in [4.78, 5) is 0. The van der Waals surface area contributed by atoms with Gasteiger partial charge in [-0.15, -0.1) is 0 Å². The summed E-state index contributed by atoms with van der Waals surface area (Å²) in [6.07, 6.45) is 4.32. The molecule has 1 aliphatic carbocycles. The fraction of sp³-hybridized carbons (Fsp3) is 0.500. The second-order valence-corrected chi connectivity index (χ2v) is 4.08. The standard InChI is InChI=1S/C12H14F2/c1-12(13,14)11-7-6-9-4-2-3-5-10(9)8-11/h6-8H,2-5H2,1H3. The Hall–Kier alpha value is -0.920. The Morgan fingerprint density at radius 3 is 2.36 bits per heavy atom. The summed E-state index contributed by atoms with van der Waals surface area (Å²) in [5, 5.41) is 0. The molecule has 2 rings (SSSR count). The lowest BCUT2D eigenvalue weighted by Crippen LogP contribution is -2.10. The van der Waals surface area contributed by atoms with Crippen LogP contribution >= 0.6 is 0 Å². The molecule has 1 aromatic carbocycles. The van der Waals surface area contributed by atoms with Crippen molar-refractivity contribution >= 4 is 0 Å². The maximum atomic E-state index is 13.0. The molecule has 0 saturated heterocycles. The van der Waals surface area contributed by atoms with E-state index in [1.165, 1.54) is 12.0 Å². The molecule has 0 nitrogen and oxygen atoms in total. The molecule has 0 spiro atoms. The molecule has 0 aliphatic heterocycles. The van der Waals surface area contributed by atoms with E-state index in [4.69, 9.17) is 0 Å². The Morgan fingerprint density at radius 1 is 1.07 bits per heavy atom. The zero-order chi connectivity index (χ0) is 10.2. The van der Waals surface area contributed by atoms with E-state index >= 15 is 0 Å². The van der Waals surface area contributed by atoms with Crippen molar-refractivity contribution in [2.45, 2.75) is 38.5 Å². The van der Waals surface area contributed by atoms with Gasteiger partial charge in [-0.05, 0) is 42.9 Å². The number of hydrogen-bond acceptors (Lipinski definition) is 0. The largest absolute Gasteiger partial charge is 0.270 e. The first kappa shape index (κ1) is 9.63. The first-order valence-electron chi connectivity index (χ1n) is 5.07. The highest BCUT2D eigenvalue weighted by Crippen LogP contribution is 2.30. The lowest BCUT2D eigenvalue weighted by Gasteiger charge is -2.18. The van der Waals surface area contributed by atoms with Gasteiger partial charge >= 0.3 is 0 Å². The van der Waals surface area contributed by atoms with Crippen LogP contribution in [0.5, 0.6) is 0 Å². The fourth-order valence-electron chi connectivity index (χ4n) is 2.01. The van der Waals surface area contributed by atoms with Crippen LogP contribution in [0.15, 0.2) is 18.2 Å². The van der Waals surface area contributed by atoms with Crippen LogP contribution in [-0.4, -0.2) is 0 Å². The normalized spacial score (nSPS) is 16.5. The summed E-state index contributed by atoms with van der Waals surface area (Å²) in [6, 6.07) is 5.10. The van der Waals surface area contributed by atoms with Gasteiger partial charge in [-0.2, -0.15) is 0 Å². The van der Waals surface area contributed by atoms with Gasteiger partial charge in [0.05, 0.1) is 0 Å². The van der Waals surface area contributed by atoms with Gasteiger partial charge in [0, 0.05) is 12.5 Å². The number of hydrogen-bond donors (Lipinski definition) is 0. The Labute approximate surface area is 82.9 Å².